The summed E-state index contributed by atoms with van der Waals surface area (Å²) in [5.41, 5.74) is 6.33. The summed E-state index contributed by atoms with van der Waals surface area (Å²) in [5.74, 6) is -0.173. The minimum absolute atomic E-state index is 0.173. The lowest BCUT2D eigenvalue weighted by atomic mass is 9.81. The molecule has 1 aromatic rings. The first-order valence-corrected chi connectivity index (χ1v) is 10.0. The van der Waals surface area contributed by atoms with Crippen molar-refractivity contribution in [3.63, 3.8) is 0 Å². The highest BCUT2D eigenvalue weighted by molar-refractivity contribution is 5.87. The Hall–Kier alpha value is -3.57. The first-order chi connectivity index (χ1) is 14.7. The van der Waals surface area contributed by atoms with Gasteiger partial charge in [0.15, 0.2) is 6.04 Å². The molecule has 0 spiro atoms. The van der Waals surface area contributed by atoms with E-state index in [-0.39, 0.29) is 5.91 Å². The van der Waals surface area contributed by atoms with Gasteiger partial charge in [-0.3, -0.25) is 4.79 Å². The second-order valence-electron chi connectivity index (χ2n) is 7.55. The summed E-state index contributed by atoms with van der Waals surface area (Å²) in [6, 6.07) is 9.12. The Kier molecular flexibility index (Phi) is 4.73. The molecule has 0 radical (unpaired) electrons. The lowest BCUT2D eigenvalue weighted by Crippen LogP contribution is -2.33. The van der Waals surface area contributed by atoms with Crippen LogP contribution in [0.15, 0.2) is 123 Å². The van der Waals surface area contributed by atoms with Gasteiger partial charge in [0.2, 0.25) is 0 Å². The second-order valence-corrected chi connectivity index (χ2v) is 7.55. The predicted octanol–water partition coefficient (Wildman–Crippen LogP) is 4.00. The van der Waals surface area contributed by atoms with Gasteiger partial charge in [-0.1, -0.05) is 66.8 Å². The van der Waals surface area contributed by atoms with Gasteiger partial charge >= 0.3 is 0 Å². The molecule has 30 heavy (non-hydrogen) atoms. The highest BCUT2D eigenvalue weighted by atomic mass is 16.3. The summed E-state index contributed by atoms with van der Waals surface area (Å²) in [7, 11) is 0. The number of benzene rings is 1. The number of amides is 1. The van der Waals surface area contributed by atoms with E-state index in [0.29, 0.717) is 12.2 Å². The molecule has 148 valence electrons. The van der Waals surface area contributed by atoms with Crippen LogP contribution in [0.3, 0.4) is 0 Å². The van der Waals surface area contributed by atoms with Gasteiger partial charge in [0.1, 0.15) is 0 Å². The molecule has 2 N–H and O–H groups in total. The fourth-order valence-corrected chi connectivity index (χ4v) is 4.11. The van der Waals surface area contributed by atoms with Gasteiger partial charge in [0.25, 0.3) is 5.91 Å². The van der Waals surface area contributed by atoms with E-state index in [1.807, 2.05) is 66.8 Å². The van der Waals surface area contributed by atoms with Crippen molar-refractivity contribution in [2.45, 2.75) is 25.1 Å². The SMILES string of the molecule is O=C(NCc1ccccc1)C1N=NC2=C/C3=CC=CC(O)/C3=C3\CC=CC=C3/C=C\21. The summed E-state index contributed by atoms with van der Waals surface area (Å²) >= 11 is 0. The van der Waals surface area contributed by atoms with Gasteiger partial charge < -0.3 is 10.4 Å². The minimum atomic E-state index is -0.681. The normalized spacial score (nSPS) is 29.8. The van der Waals surface area contributed by atoms with Crippen molar-refractivity contribution >= 4 is 5.91 Å². The monoisotopic (exact) mass is 395 g/mol. The van der Waals surface area contributed by atoms with E-state index in [9.17, 15) is 9.90 Å². The number of nitrogens with zero attached hydrogens (tertiary/aromatic N) is 2. The van der Waals surface area contributed by atoms with E-state index >= 15 is 0 Å². The van der Waals surface area contributed by atoms with Crippen LogP contribution in [0.4, 0.5) is 0 Å². The van der Waals surface area contributed by atoms with Crippen molar-refractivity contribution in [3.05, 3.63) is 118 Å². The maximum absolute atomic E-state index is 12.9. The van der Waals surface area contributed by atoms with Crippen molar-refractivity contribution in [2.75, 3.05) is 0 Å². The highest BCUT2D eigenvalue weighted by Gasteiger charge is 2.33. The van der Waals surface area contributed by atoms with E-state index in [0.717, 1.165) is 39.8 Å². The fraction of sp³-hybridized carbons (Fsp3) is 0.160. The average Bonchev–Trinajstić information content (AvgIpc) is 3.14. The summed E-state index contributed by atoms with van der Waals surface area (Å²) in [6.45, 7) is 0.445. The molecule has 2 atom stereocenters. The zero-order valence-corrected chi connectivity index (χ0v) is 16.3. The van der Waals surface area contributed by atoms with Crippen LogP contribution in [-0.4, -0.2) is 23.2 Å². The molecule has 2 unspecified atom stereocenters. The van der Waals surface area contributed by atoms with E-state index in [2.05, 4.69) is 21.6 Å². The summed E-state index contributed by atoms with van der Waals surface area (Å²) < 4.78 is 0. The molecule has 5 heteroatoms. The molecule has 0 fully saturated rings. The Morgan fingerprint density at radius 3 is 2.80 bits per heavy atom. The van der Waals surface area contributed by atoms with Crippen LogP contribution in [0.1, 0.15) is 12.0 Å². The molecule has 5 nitrogen and oxygen atoms in total. The molecule has 3 aliphatic carbocycles. The van der Waals surface area contributed by atoms with Gasteiger partial charge in [-0.05, 0) is 46.4 Å². The zero-order chi connectivity index (χ0) is 20.5. The van der Waals surface area contributed by atoms with Crippen LogP contribution < -0.4 is 5.32 Å². The third-order valence-electron chi connectivity index (χ3n) is 5.62. The van der Waals surface area contributed by atoms with Crippen molar-refractivity contribution in [1.29, 1.82) is 0 Å². The number of carbonyl (C=O) groups excluding carboxylic acids is 1. The number of hydrogen-bond acceptors (Lipinski definition) is 4. The Bertz CT molecular complexity index is 1140. The van der Waals surface area contributed by atoms with Crippen LogP contribution in [0, 0.1) is 0 Å². The van der Waals surface area contributed by atoms with Gasteiger partial charge in [-0.2, -0.15) is 10.2 Å². The Balaban J connectivity index is 1.50. The topological polar surface area (TPSA) is 74.0 Å². The molecule has 1 amide bonds. The van der Waals surface area contributed by atoms with Crippen molar-refractivity contribution in [3.8, 4) is 0 Å². The number of azo groups is 1. The van der Waals surface area contributed by atoms with Crippen LogP contribution in [-0.2, 0) is 11.3 Å². The largest absolute Gasteiger partial charge is 0.384 e. The predicted molar refractivity (Wildman–Crippen MR) is 115 cm³/mol. The molecule has 1 aliphatic heterocycles. The standard InChI is InChI=1S/C25H21N3O2/c29-22-12-6-10-18-14-21-20(13-17-9-4-5-11-19(17)23(18)22)24(28-27-21)25(30)26-15-16-7-2-1-3-8-16/h1-10,12-14,22,24,29H,11,15H2,(H,26,30)/b20-13+,21-14+,23-19+. The number of allylic oxidation sites excluding steroid dienone is 9. The fourth-order valence-electron chi connectivity index (χ4n) is 4.11. The number of aliphatic hydroxyl groups excluding tert-OH is 1. The third-order valence-corrected chi connectivity index (χ3v) is 5.62. The molecule has 0 aromatic heterocycles. The lowest BCUT2D eigenvalue weighted by Gasteiger charge is -2.25. The number of carbonyl (C=O) groups is 1. The average molecular weight is 395 g/mol. The molecule has 0 saturated heterocycles. The first-order valence-electron chi connectivity index (χ1n) is 10.0. The molecule has 0 saturated carbocycles. The molecule has 1 heterocycles. The van der Waals surface area contributed by atoms with Crippen molar-refractivity contribution in [1.82, 2.24) is 5.32 Å². The molecule has 4 aliphatic rings. The van der Waals surface area contributed by atoms with E-state index in [1.165, 1.54) is 0 Å². The molecule has 1 aromatic carbocycles. The zero-order valence-electron chi connectivity index (χ0n) is 16.3. The Morgan fingerprint density at radius 2 is 1.93 bits per heavy atom. The third kappa shape index (κ3) is 3.33. The van der Waals surface area contributed by atoms with Gasteiger partial charge in [0.05, 0.1) is 11.8 Å². The van der Waals surface area contributed by atoms with Gasteiger partial charge in [-0.25, -0.2) is 0 Å². The maximum Gasteiger partial charge on any atom is 0.251 e. The minimum Gasteiger partial charge on any atom is -0.384 e. The number of fused-ring (bicyclic) bond motifs is 3. The summed E-state index contributed by atoms with van der Waals surface area (Å²) in [6.07, 6.45) is 15.7. The number of hydrogen-bond donors (Lipinski definition) is 2. The smallest absolute Gasteiger partial charge is 0.251 e. The number of aliphatic hydroxyl groups is 1. The van der Waals surface area contributed by atoms with Crippen LogP contribution in [0.5, 0.6) is 0 Å². The van der Waals surface area contributed by atoms with Crippen LogP contribution in [0.2, 0.25) is 0 Å². The molecular weight excluding hydrogens is 374 g/mol. The molecule has 0 bridgehead atoms. The molecule has 5 rings (SSSR count). The number of nitrogens with one attached hydrogen (secondary N) is 1. The van der Waals surface area contributed by atoms with Crippen molar-refractivity contribution in [2.24, 2.45) is 10.2 Å². The maximum atomic E-state index is 12.9. The highest BCUT2D eigenvalue weighted by Crippen LogP contribution is 2.39. The van der Waals surface area contributed by atoms with E-state index < -0.39 is 12.1 Å². The van der Waals surface area contributed by atoms with Gasteiger partial charge in [0, 0.05) is 12.1 Å². The number of rotatable bonds is 3. The van der Waals surface area contributed by atoms with Gasteiger partial charge in [-0.15, -0.1) is 0 Å². The van der Waals surface area contributed by atoms with E-state index in [1.54, 1.807) is 6.08 Å². The second kappa shape index (κ2) is 7.69. The van der Waals surface area contributed by atoms with Crippen LogP contribution in [0.25, 0.3) is 0 Å². The lowest BCUT2D eigenvalue weighted by molar-refractivity contribution is -0.121. The first kappa shape index (κ1) is 18.5. The van der Waals surface area contributed by atoms with Crippen LogP contribution >= 0.6 is 0 Å². The summed E-state index contributed by atoms with van der Waals surface area (Å²) in [4.78, 5) is 12.9. The van der Waals surface area contributed by atoms with E-state index in [4.69, 9.17) is 0 Å². The quantitative estimate of drug-likeness (QED) is 0.812. The van der Waals surface area contributed by atoms with Crippen molar-refractivity contribution < 1.29 is 9.90 Å². The summed E-state index contributed by atoms with van der Waals surface area (Å²) in [5, 5.41) is 22.2. The Labute approximate surface area is 174 Å². The Morgan fingerprint density at radius 1 is 1.10 bits per heavy atom. The molecular formula is C25H21N3O2.